The largest absolute Gasteiger partial charge is 0.508 e. The fourth-order valence-electron chi connectivity index (χ4n) is 6.25. The maximum absolute atomic E-state index is 14.0. The number of benzene rings is 2. The summed E-state index contributed by atoms with van der Waals surface area (Å²) in [6, 6.07) is 7.05. The van der Waals surface area contributed by atoms with E-state index < -0.39 is 133 Å². The van der Waals surface area contributed by atoms with Crippen molar-refractivity contribution in [2.45, 2.75) is 99.0 Å². The van der Waals surface area contributed by atoms with Gasteiger partial charge in [0.25, 0.3) is 0 Å². The first-order valence-electron chi connectivity index (χ1n) is 16.4. The van der Waals surface area contributed by atoms with Crippen LogP contribution in [0.25, 0.3) is 22.3 Å². The van der Waals surface area contributed by atoms with E-state index in [0.717, 1.165) is 12.1 Å². The lowest BCUT2D eigenvalue weighted by Gasteiger charge is -2.46. The van der Waals surface area contributed by atoms with Crippen LogP contribution in [0.3, 0.4) is 0 Å². The molecule has 3 aromatic rings. The standard InChI is InChI=1S/C33H40O20/c1-10-19(38)23(42)26(45)31(48-10)47-9-17-21(40)25(44)30(53-32-27(46)24(43)20(39)16(8-34)50-32)33(51-17)52-29-22(41)18-14(37)6-13(36)7-15(18)49-28(29)11-2-4-12(35)5-3-11/h2-7,10,16-17,19-21,23-27,30-40,42-46H,8-9H2,1H3/t10?,16?,17?,19-,20-,21+,23-,24?,25?,26?,27+,30?,31+,32-,33-/m0/s1. The third kappa shape index (κ3) is 7.52. The Morgan fingerprint density at radius 2 is 1.30 bits per heavy atom. The smallest absolute Gasteiger partial charge is 0.239 e. The molecule has 0 saturated carbocycles. The average Bonchev–Trinajstić information content (AvgIpc) is 3.12. The molecule has 3 aliphatic rings. The predicted molar refractivity (Wildman–Crippen MR) is 171 cm³/mol. The zero-order valence-electron chi connectivity index (χ0n) is 27.7. The minimum Gasteiger partial charge on any atom is -0.508 e. The second-order valence-corrected chi connectivity index (χ2v) is 12.9. The van der Waals surface area contributed by atoms with E-state index in [9.17, 15) is 66.1 Å². The molecule has 15 atom stereocenters. The first kappa shape index (κ1) is 39.0. The summed E-state index contributed by atoms with van der Waals surface area (Å²) in [5.74, 6) is -2.39. The Morgan fingerprint density at radius 3 is 1.98 bits per heavy atom. The molecular weight excluding hydrogens is 716 g/mol. The summed E-state index contributed by atoms with van der Waals surface area (Å²) < 4.78 is 40.0. The fourth-order valence-corrected chi connectivity index (χ4v) is 6.25. The topological polar surface area (TPSA) is 328 Å². The van der Waals surface area contributed by atoms with Gasteiger partial charge in [0, 0.05) is 17.7 Å². The van der Waals surface area contributed by atoms with Crippen LogP contribution in [0.1, 0.15) is 6.92 Å². The monoisotopic (exact) mass is 756 g/mol. The maximum Gasteiger partial charge on any atom is 0.239 e. The van der Waals surface area contributed by atoms with Gasteiger partial charge in [-0.1, -0.05) is 0 Å². The minimum atomic E-state index is -2.06. The van der Waals surface area contributed by atoms with Gasteiger partial charge < -0.3 is 94.1 Å². The van der Waals surface area contributed by atoms with Gasteiger partial charge in [-0.05, 0) is 31.2 Å². The van der Waals surface area contributed by atoms with Crippen molar-refractivity contribution in [3.8, 4) is 34.3 Å². The Hall–Kier alpha value is -3.71. The van der Waals surface area contributed by atoms with Crippen LogP contribution in [0.2, 0.25) is 0 Å². The van der Waals surface area contributed by atoms with E-state index in [1.54, 1.807) is 0 Å². The van der Waals surface area contributed by atoms with Crippen molar-refractivity contribution in [3.63, 3.8) is 0 Å². The summed E-state index contributed by atoms with van der Waals surface area (Å²) in [6.07, 6.45) is -26.1. The highest BCUT2D eigenvalue weighted by atomic mass is 16.8. The molecule has 0 spiro atoms. The number of hydrogen-bond acceptors (Lipinski definition) is 20. The SMILES string of the molecule is CC1O[C@@H](OCC2O[C@@H](Oc3c(-c4ccc(O)cc4)oc4cc(O)cc(O)c4c3=O)C(O[C@@H]3OC(CO)[C@H](O)C(O)[C@H]3O)C(O)[C@@H]2O)C(O)[C@@H](O)[C@H]1O. The highest BCUT2D eigenvalue weighted by molar-refractivity contribution is 5.88. The summed E-state index contributed by atoms with van der Waals surface area (Å²) in [5.41, 5.74) is -1.23. The van der Waals surface area contributed by atoms with E-state index in [0.29, 0.717) is 0 Å². The summed E-state index contributed by atoms with van der Waals surface area (Å²) in [5, 5.41) is 124. The van der Waals surface area contributed by atoms with Crippen molar-refractivity contribution < 1.29 is 94.1 Å². The molecule has 53 heavy (non-hydrogen) atoms. The molecule has 4 heterocycles. The molecule has 3 aliphatic heterocycles. The number of aliphatic hydroxyl groups excluding tert-OH is 9. The molecule has 0 aliphatic carbocycles. The van der Waals surface area contributed by atoms with Gasteiger partial charge in [-0.3, -0.25) is 4.79 Å². The van der Waals surface area contributed by atoms with Crippen LogP contribution in [-0.4, -0.2) is 167 Å². The zero-order valence-corrected chi connectivity index (χ0v) is 27.7. The molecular formula is C33H40O20. The van der Waals surface area contributed by atoms with Crippen LogP contribution >= 0.6 is 0 Å². The lowest BCUT2D eigenvalue weighted by atomic mass is 9.97. The number of fused-ring (bicyclic) bond motifs is 1. The van der Waals surface area contributed by atoms with Gasteiger partial charge in [0.2, 0.25) is 17.5 Å². The zero-order chi connectivity index (χ0) is 38.5. The average molecular weight is 757 g/mol. The molecule has 6 rings (SSSR count). The molecule has 3 fully saturated rings. The number of aliphatic hydroxyl groups is 9. The predicted octanol–water partition coefficient (Wildman–Crippen LogP) is -3.57. The van der Waals surface area contributed by atoms with Crippen molar-refractivity contribution >= 4 is 11.0 Å². The summed E-state index contributed by atoms with van der Waals surface area (Å²) >= 11 is 0. The van der Waals surface area contributed by atoms with Gasteiger partial charge in [0.05, 0.1) is 19.3 Å². The normalized spacial score (nSPS) is 37.8. The Bertz CT molecular complexity index is 1780. The van der Waals surface area contributed by atoms with Gasteiger partial charge >= 0.3 is 0 Å². The Balaban J connectivity index is 1.39. The van der Waals surface area contributed by atoms with Crippen molar-refractivity contribution in [2.75, 3.05) is 13.2 Å². The molecule has 20 heteroatoms. The highest BCUT2D eigenvalue weighted by Gasteiger charge is 2.52. The van der Waals surface area contributed by atoms with E-state index in [1.165, 1.54) is 31.2 Å². The highest BCUT2D eigenvalue weighted by Crippen LogP contribution is 2.38. The van der Waals surface area contributed by atoms with Crippen molar-refractivity contribution in [3.05, 3.63) is 46.6 Å². The quantitative estimate of drug-likeness (QED) is 0.100. The number of phenols is 3. The molecule has 0 bridgehead atoms. The van der Waals surface area contributed by atoms with Crippen LogP contribution in [0.5, 0.6) is 23.0 Å². The van der Waals surface area contributed by atoms with E-state index in [-0.39, 0.29) is 22.7 Å². The van der Waals surface area contributed by atoms with Crippen LogP contribution in [0.15, 0.2) is 45.6 Å². The second-order valence-electron chi connectivity index (χ2n) is 12.9. The van der Waals surface area contributed by atoms with Crippen LogP contribution in [0.4, 0.5) is 0 Å². The minimum absolute atomic E-state index is 0.112. The van der Waals surface area contributed by atoms with E-state index in [1.807, 2.05) is 0 Å². The molecule has 12 N–H and O–H groups in total. The summed E-state index contributed by atoms with van der Waals surface area (Å²) in [4.78, 5) is 14.0. The number of rotatable bonds is 9. The van der Waals surface area contributed by atoms with Crippen molar-refractivity contribution in [2.24, 2.45) is 0 Å². The van der Waals surface area contributed by atoms with E-state index >= 15 is 0 Å². The Kier molecular flexibility index (Phi) is 11.5. The third-order valence-corrected chi connectivity index (χ3v) is 9.30. The molecule has 20 nitrogen and oxygen atoms in total. The lowest BCUT2D eigenvalue weighted by Crippen LogP contribution is -2.65. The summed E-state index contributed by atoms with van der Waals surface area (Å²) in [7, 11) is 0. The molecule has 3 saturated heterocycles. The van der Waals surface area contributed by atoms with Crippen molar-refractivity contribution in [1.82, 2.24) is 0 Å². The van der Waals surface area contributed by atoms with Gasteiger partial charge in [0.1, 0.15) is 89.3 Å². The third-order valence-electron chi connectivity index (χ3n) is 9.30. The summed E-state index contributed by atoms with van der Waals surface area (Å²) in [6.45, 7) is -0.140. The van der Waals surface area contributed by atoms with Gasteiger partial charge in [0.15, 0.2) is 24.4 Å². The first-order chi connectivity index (χ1) is 25.1. The number of aromatic hydroxyl groups is 3. The van der Waals surface area contributed by atoms with Crippen LogP contribution < -0.4 is 10.2 Å². The maximum atomic E-state index is 14.0. The number of hydrogen-bond donors (Lipinski definition) is 12. The molecule has 7 unspecified atom stereocenters. The molecule has 0 radical (unpaired) electrons. The first-order valence-corrected chi connectivity index (χ1v) is 16.4. The molecule has 0 amide bonds. The van der Waals surface area contributed by atoms with E-state index in [4.69, 9.17) is 32.8 Å². The molecule has 1 aromatic heterocycles. The van der Waals surface area contributed by atoms with Gasteiger partial charge in [-0.25, -0.2) is 0 Å². The van der Waals surface area contributed by atoms with Gasteiger partial charge in [-0.2, -0.15) is 0 Å². The van der Waals surface area contributed by atoms with E-state index in [2.05, 4.69) is 0 Å². The Morgan fingerprint density at radius 1 is 0.679 bits per heavy atom. The van der Waals surface area contributed by atoms with Gasteiger partial charge in [-0.15, -0.1) is 0 Å². The van der Waals surface area contributed by atoms with Crippen LogP contribution in [-0.2, 0) is 23.7 Å². The second kappa shape index (κ2) is 15.6. The Labute approximate surface area is 298 Å². The van der Waals surface area contributed by atoms with Crippen LogP contribution in [0, 0.1) is 0 Å². The lowest BCUT2D eigenvalue weighted by molar-refractivity contribution is -0.362. The fraction of sp³-hybridized carbons (Fsp3) is 0.545. The molecule has 2 aromatic carbocycles. The molecule has 292 valence electrons. The number of ether oxygens (including phenoxy) is 6. The number of phenolic OH excluding ortho intramolecular Hbond substituents is 3. The van der Waals surface area contributed by atoms with Crippen molar-refractivity contribution in [1.29, 1.82) is 0 Å².